The molecule has 1 aromatic heterocycles. The molecule has 0 radical (unpaired) electrons. The molecular formula is C22H24F2N2. The molecule has 4 rings (SSSR count). The molecule has 0 saturated carbocycles. The third-order valence-corrected chi connectivity index (χ3v) is 5.48. The van der Waals surface area contributed by atoms with Crippen molar-refractivity contribution in [2.75, 3.05) is 13.6 Å². The zero-order valence-corrected chi connectivity index (χ0v) is 15.4. The van der Waals surface area contributed by atoms with Gasteiger partial charge in [-0.15, -0.1) is 0 Å². The maximum Gasteiger partial charge on any atom is 0.126 e. The molecule has 0 unspecified atom stereocenters. The minimum atomic E-state index is -0.625. The Balaban J connectivity index is 1.70. The van der Waals surface area contributed by atoms with Gasteiger partial charge >= 0.3 is 0 Å². The van der Waals surface area contributed by atoms with Crippen molar-refractivity contribution >= 4 is 10.9 Å². The van der Waals surface area contributed by atoms with Crippen molar-refractivity contribution in [1.82, 2.24) is 9.47 Å². The van der Waals surface area contributed by atoms with Crippen molar-refractivity contribution in [2.45, 2.75) is 39.5 Å². The molecule has 0 amide bonds. The summed E-state index contributed by atoms with van der Waals surface area (Å²) in [5, 5.41) is 1.32. The second-order valence-electron chi connectivity index (χ2n) is 7.39. The Hall–Kier alpha value is -2.20. The summed E-state index contributed by atoms with van der Waals surface area (Å²) in [4.78, 5) is 2.35. The van der Waals surface area contributed by atoms with Gasteiger partial charge in [-0.2, -0.15) is 0 Å². The highest BCUT2D eigenvalue weighted by Crippen LogP contribution is 2.31. The van der Waals surface area contributed by atoms with Gasteiger partial charge in [0.15, 0.2) is 0 Å². The van der Waals surface area contributed by atoms with Crippen molar-refractivity contribution in [1.29, 1.82) is 0 Å². The van der Waals surface area contributed by atoms with Gasteiger partial charge in [0.2, 0.25) is 0 Å². The predicted octanol–water partition coefficient (Wildman–Crippen LogP) is 4.79. The molecule has 0 saturated heterocycles. The van der Waals surface area contributed by atoms with Crippen LogP contribution in [-0.2, 0) is 32.6 Å². The summed E-state index contributed by atoms with van der Waals surface area (Å²) in [6.45, 7) is 4.24. The van der Waals surface area contributed by atoms with Crippen LogP contribution in [0.1, 0.15) is 27.9 Å². The van der Waals surface area contributed by atoms with E-state index in [1.165, 1.54) is 33.8 Å². The molecule has 26 heavy (non-hydrogen) atoms. The molecule has 0 bridgehead atoms. The molecule has 1 aliphatic rings. The number of fused-ring (bicyclic) bond motifs is 3. The van der Waals surface area contributed by atoms with Gasteiger partial charge in [-0.05, 0) is 55.3 Å². The van der Waals surface area contributed by atoms with E-state index >= 15 is 0 Å². The Kier molecular flexibility index (Phi) is 4.53. The van der Waals surface area contributed by atoms with E-state index in [1.54, 1.807) is 12.1 Å². The van der Waals surface area contributed by atoms with Crippen molar-refractivity contribution in [3.63, 3.8) is 0 Å². The number of rotatable bonds is 4. The predicted molar refractivity (Wildman–Crippen MR) is 102 cm³/mol. The molecule has 0 fully saturated rings. The van der Waals surface area contributed by atoms with E-state index in [0.29, 0.717) is 17.5 Å². The van der Waals surface area contributed by atoms with Crippen LogP contribution in [0.4, 0.5) is 8.78 Å². The molecule has 3 aromatic rings. The van der Waals surface area contributed by atoms with Crippen molar-refractivity contribution in [2.24, 2.45) is 0 Å². The van der Waals surface area contributed by atoms with Crippen LogP contribution in [0, 0.1) is 12.7 Å². The topological polar surface area (TPSA) is 8.17 Å². The number of aromatic nitrogens is 1. The van der Waals surface area contributed by atoms with Gasteiger partial charge in [0.05, 0.1) is 0 Å². The third kappa shape index (κ3) is 3.03. The Labute approximate surface area is 153 Å². The Morgan fingerprint density at radius 3 is 2.73 bits per heavy atom. The maximum absolute atomic E-state index is 14.2. The summed E-state index contributed by atoms with van der Waals surface area (Å²) in [6, 6.07) is 11.3. The highest BCUT2D eigenvalue weighted by atomic mass is 19.1. The molecule has 0 atom stereocenters. The number of likely N-dealkylation sites (N-methyl/N-ethyl adjacent to an activating group) is 1. The molecule has 0 aliphatic carbocycles. The first-order valence-corrected chi connectivity index (χ1v) is 9.19. The molecule has 1 aliphatic heterocycles. The summed E-state index contributed by atoms with van der Waals surface area (Å²) < 4.78 is 29.3. The minimum absolute atomic E-state index is 0.305. The Bertz CT molecular complexity index is 958. The molecule has 2 nitrogen and oxygen atoms in total. The standard InChI is InChI=1S/C22H24F2N2/c1-15-3-6-21-18(11-15)19-14-25(2)9-8-22(19)26(21)10-7-17-5-4-16(13-23)12-20(17)24/h3-6,11-12H,7-10,13-14H2,1-2H3. The zero-order chi connectivity index (χ0) is 18.3. The number of benzene rings is 2. The SMILES string of the molecule is Cc1ccc2c(c1)c1c(n2CCc2ccc(CF)cc2F)CCN(C)C1. The van der Waals surface area contributed by atoms with Crippen molar-refractivity contribution < 1.29 is 8.78 Å². The van der Waals surface area contributed by atoms with Gasteiger partial charge in [0.1, 0.15) is 12.5 Å². The zero-order valence-electron chi connectivity index (χ0n) is 15.4. The summed E-state index contributed by atoms with van der Waals surface area (Å²) in [5.41, 5.74) is 6.33. The van der Waals surface area contributed by atoms with Gasteiger partial charge < -0.3 is 9.47 Å². The average Bonchev–Trinajstić information content (AvgIpc) is 2.93. The number of aryl methyl sites for hydroxylation is 3. The second-order valence-corrected chi connectivity index (χ2v) is 7.39. The lowest BCUT2D eigenvalue weighted by Gasteiger charge is -2.24. The van der Waals surface area contributed by atoms with Crippen LogP contribution >= 0.6 is 0 Å². The normalized spacial score (nSPS) is 14.8. The highest BCUT2D eigenvalue weighted by molar-refractivity contribution is 5.86. The first-order chi connectivity index (χ1) is 12.6. The molecule has 2 heterocycles. The molecule has 2 aromatic carbocycles. The lowest BCUT2D eigenvalue weighted by atomic mass is 10.0. The van der Waals surface area contributed by atoms with Crippen LogP contribution < -0.4 is 0 Å². The fourth-order valence-electron chi connectivity index (χ4n) is 4.06. The van der Waals surface area contributed by atoms with Gasteiger partial charge in [-0.3, -0.25) is 0 Å². The van der Waals surface area contributed by atoms with Gasteiger partial charge in [0, 0.05) is 42.7 Å². The van der Waals surface area contributed by atoms with Crippen LogP contribution in [0.3, 0.4) is 0 Å². The molecule has 0 N–H and O–H groups in total. The highest BCUT2D eigenvalue weighted by Gasteiger charge is 2.22. The Morgan fingerprint density at radius 1 is 1.12 bits per heavy atom. The van der Waals surface area contributed by atoms with E-state index < -0.39 is 6.67 Å². The van der Waals surface area contributed by atoms with Gasteiger partial charge in [-0.25, -0.2) is 8.78 Å². The smallest absolute Gasteiger partial charge is 0.126 e. The van der Waals surface area contributed by atoms with E-state index in [1.807, 2.05) is 0 Å². The van der Waals surface area contributed by atoms with E-state index in [0.717, 1.165) is 26.1 Å². The Morgan fingerprint density at radius 2 is 1.96 bits per heavy atom. The number of hydrogen-bond donors (Lipinski definition) is 0. The molecule has 136 valence electrons. The van der Waals surface area contributed by atoms with Crippen LogP contribution in [0.15, 0.2) is 36.4 Å². The number of nitrogens with zero attached hydrogens (tertiary/aromatic N) is 2. The summed E-state index contributed by atoms with van der Waals surface area (Å²) in [6.07, 6.45) is 1.63. The molecular weight excluding hydrogens is 330 g/mol. The monoisotopic (exact) mass is 354 g/mol. The van der Waals surface area contributed by atoms with Crippen LogP contribution in [0.2, 0.25) is 0 Å². The number of alkyl halides is 1. The molecule has 0 spiro atoms. The van der Waals surface area contributed by atoms with Gasteiger partial charge in [-0.1, -0.05) is 23.8 Å². The first-order valence-electron chi connectivity index (χ1n) is 9.19. The summed E-state index contributed by atoms with van der Waals surface area (Å²) >= 11 is 0. The summed E-state index contributed by atoms with van der Waals surface area (Å²) in [5.74, 6) is -0.305. The third-order valence-electron chi connectivity index (χ3n) is 5.48. The van der Waals surface area contributed by atoms with Crippen LogP contribution in [0.5, 0.6) is 0 Å². The maximum atomic E-state index is 14.2. The van der Waals surface area contributed by atoms with E-state index in [4.69, 9.17) is 0 Å². The fourth-order valence-corrected chi connectivity index (χ4v) is 4.06. The van der Waals surface area contributed by atoms with Crippen molar-refractivity contribution in [3.05, 3.63) is 70.2 Å². The summed E-state index contributed by atoms with van der Waals surface area (Å²) in [7, 11) is 2.16. The minimum Gasteiger partial charge on any atom is -0.344 e. The largest absolute Gasteiger partial charge is 0.344 e. The number of halogens is 2. The molecule has 4 heteroatoms. The van der Waals surface area contributed by atoms with E-state index in [9.17, 15) is 8.78 Å². The average molecular weight is 354 g/mol. The van der Waals surface area contributed by atoms with Crippen molar-refractivity contribution in [3.8, 4) is 0 Å². The van der Waals surface area contributed by atoms with Gasteiger partial charge in [0.25, 0.3) is 0 Å². The lowest BCUT2D eigenvalue weighted by Crippen LogP contribution is -2.27. The van der Waals surface area contributed by atoms with Crippen LogP contribution in [0.25, 0.3) is 10.9 Å². The lowest BCUT2D eigenvalue weighted by molar-refractivity contribution is 0.309. The first kappa shape index (κ1) is 17.2. The van der Waals surface area contributed by atoms with E-state index in [-0.39, 0.29) is 5.82 Å². The quantitative estimate of drug-likeness (QED) is 0.654. The van der Waals surface area contributed by atoms with Crippen LogP contribution in [-0.4, -0.2) is 23.1 Å². The second kappa shape index (κ2) is 6.84. The number of hydrogen-bond acceptors (Lipinski definition) is 1. The fraction of sp³-hybridized carbons (Fsp3) is 0.364. The van der Waals surface area contributed by atoms with E-state index in [2.05, 4.69) is 41.6 Å².